The van der Waals surface area contributed by atoms with Crippen molar-refractivity contribution in [1.82, 2.24) is 0 Å². The molecule has 1 aliphatic heterocycles. The van der Waals surface area contributed by atoms with E-state index in [-0.39, 0.29) is 24.0 Å². The molecule has 0 radical (unpaired) electrons. The second-order valence-corrected chi connectivity index (χ2v) is 6.30. The van der Waals surface area contributed by atoms with Crippen LogP contribution in [0.25, 0.3) is 6.08 Å². The number of hydrogen-bond donors (Lipinski definition) is 0. The van der Waals surface area contributed by atoms with Crippen LogP contribution in [0, 0.1) is 11.6 Å². The number of carbonyl (C=O) groups excluding carboxylic acids is 1. The molecule has 0 saturated heterocycles. The second kappa shape index (κ2) is 8.06. The van der Waals surface area contributed by atoms with Crippen LogP contribution in [-0.2, 0) is 16.1 Å². The Morgan fingerprint density at radius 1 is 0.966 bits per heavy atom. The first-order chi connectivity index (χ1) is 14.1. The molecule has 6 heteroatoms. The molecule has 0 bridgehead atoms. The average molecular weight is 391 g/mol. The molecule has 4 rings (SSSR count). The van der Waals surface area contributed by atoms with Crippen LogP contribution in [0.5, 0.6) is 5.75 Å². The van der Waals surface area contributed by atoms with Crippen LogP contribution in [-0.4, -0.2) is 11.9 Å². The van der Waals surface area contributed by atoms with Crippen molar-refractivity contribution >= 4 is 17.9 Å². The number of esters is 1. The molecule has 0 saturated carbocycles. The van der Waals surface area contributed by atoms with Gasteiger partial charge >= 0.3 is 5.97 Å². The third-order valence-electron chi connectivity index (χ3n) is 4.23. The predicted molar refractivity (Wildman–Crippen MR) is 104 cm³/mol. The molecule has 0 atom stereocenters. The van der Waals surface area contributed by atoms with Crippen molar-refractivity contribution in [2.75, 3.05) is 0 Å². The van der Waals surface area contributed by atoms with E-state index >= 15 is 0 Å². The van der Waals surface area contributed by atoms with Crippen molar-refractivity contribution in [1.29, 1.82) is 0 Å². The average Bonchev–Trinajstić information content (AvgIpc) is 3.09. The molecule has 0 spiro atoms. The molecule has 144 valence electrons. The maximum absolute atomic E-state index is 13.6. The number of halogens is 2. The quantitative estimate of drug-likeness (QED) is 0.460. The zero-order chi connectivity index (χ0) is 20.2. The predicted octanol–water partition coefficient (Wildman–Crippen LogP) is 4.89. The fraction of sp³-hybridized carbons (Fsp3) is 0.0435. The van der Waals surface area contributed by atoms with Crippen LogP contribution >= 0.6 is 0 Å². The largest absolute Gasteiger partial charge is 0.489 e. The second-order valence-electron chi connectivity index (χ2n) is 6.30. The maximum Gasteiger partial charge on any atom is 0.363 e. The Morgan fingerprint density at radius 2 is 1.76 bits per heavy atom. The van der Waals surface area contributed by atoms with Crippen molar-refractivity contribution in [3.8, 4) is 5.75 Å². The highest BCUT2D eigenvalue weighted by Crippen LogP contribution is 2.21. The Labute approximate surface area is 165 Å². The van der Waals surface area contributed by atoms with E-state index in [1.54, 1.807) is 54.6 Å². The lowest BCUT2D eigenvalue weighted by atomic mass is 10.2. The maximum atomic E-state index is 13.6. The number of aliphatic imine (C=N–C) groups is 1. The lowest BCUT2D eigenvalue weighted by molar-refractivity contribution is -0.129. The van der Waals surface area contributed by atoms with E-state index in [1.807, 2.05) is 0 Å². The molecule has 0 aromatic heterocycles. The smallest absolute Gasteiger partial charge is 0.363 e. The van der Waals surface area contributed by atoms with Gasteiger partial charge in [-0.15, -0.1) is 0 Å². The number of hydrogen-bond acceptors (Lipinski definition) is 4. The van der Waals surface area contributed by atoms with Gasteiger partial charge in [0.05, 0.1) is 0 Å². The zero-order valence-electron chi connectivity index (χ0n) is 15.1. The Bertz CT molecular complexity index is 1120. The first-order valence-electron chi connectivity index (χ1n) is 8.83. The molecule has 0 aliphatic carbocycles. The summed E-state index contributed by atoms with van der Waals surface area (Å²) in [6.45, 7) is 0.112. The first kappa shape index (κ1) is 18.6. The highest BCUT2D eigenvalue weighted by atomic mass is 19.1. The van der Waals surface area contributed by atoms with Crippen LogP contribution in [0.4, 0.5) is 8.78 Å². The van der Waals surface area contributed by atoms with Gasteiger partial charge in [0.2, 0.25) is 5.90 Å². The summed E-state index contributed by atoms with van der Waals surface area (Å²) in [5.41, 5.74) is 1.67. The minimum Gasteiger partial charge on any atom is -0.489 e. The summed E-state index contributed by atoms with van der Waals surface area (Å²) in [4.78, 5) is 16.2. The third-order valence-corrected chi connectivity index (χ3v) is 4.23. The summed E-state index contributed by atoms with van der Waals surface area (Å²) in [6, 6.07) is 19.0. The van der Waals surface area contributed by atoms with Gasteiger partial charge in [0.15, 0.2) is 5.70 Å². The Hall–Kier alpha value is -3.80. The van der Waals surface area contributed by atoms with E-state index in [9.17, 15) is 13.6 Å². The SMILES string of the molecule is O=C1OC(c2cccc(F)c2)=NC1=Cc1ccc(OCc2ccccc2F)cc1. The standard InChI is InChI=1S/C23H15F2NO3/c24-18-6-3-5-16(13-18)22-26-21(23(27)29-22)12-15-8-10-19(11-9-15)28-14-17-4-1-2-7-20(17)25/h1-13H,14H2. The number of cyclic esters (lactones) is 1. The van der Waals surface area contributed by atoms with Crippen LogP contribution in [0.2, 0.25) is 0 Å². The summed E-state index contributed by atoms with van der Waals surface area (Å²) in [5.74, 6) is -0.742. The minimum absolute atomic E-state index is 0.0607. The molecule has 0 unspecified atom stereocenters. The number of rotatable bonds is 5. The van der Waals surface area contributed by atoms with Crippen LogP contribution < -0.4 is 4.74 Å². The molecule has 0 N–H and O–H groups in total. The van der Waals surface area contributed by atoms with Crippen LogP contribution in [0.3, 0.4) is 0 Å². The Balaban J connectivity index is 1.47. The highest BCUT2D eigenvalue weighted by Gasteiger charge is 2.24. The Kier molecular flexibility index (Phi) is 5.16. The molecular formula is C23H15F2NO3. The van der Waals surface area contributed by atoms with Gasteiger partial charge in [0, 0.05) is 11.1 Å². The Morgan fingerprint density at radius 3 is 2.52 bits per heavy atom. The molecule has 0 fully saturated rings. The fourth-order valence-corrected chi connectivity index (χ4v) is 2.75. The van der Waals surface area contributed by atoms with Crippen molar-refractivity contribution in [3.05, 3.63) is 107 Å². The number of nitrogens with zero attached hydrogens (tertiary/aromatic N) is 1. The lowest BCUT2D eigenvalue weighted by Crippen LogP contribution is -2.05. The molecule has 1 aliphatic rings. The van der Waals surface area contributed by atoms with Gasteiger partial charge in [-0.2, -0.15) is 0 Å². The van der Waals surface area contributed by atoms with E-state index < -0.39 is 11.8 Å². The van der Waals surface area contributed by atoms with Gasteiger partial charge in [-0.1, -0.05) is 36.4 Å². The van der Waals surface area contributed by atoms with Gasteiger partial charge in [-0.25, -0.2) is 18.6 Å². The number of benzene rings is 3. The van der Waals surface area contributed by atoms with E-state index in [4.69, 9.17) is 9.47 Å². The van der Waals surface area contributed by atoms with E-state index in [1.165, 1.54) is 24.3 Å². The van der Waals surface area contributed by atoms with Gasteiger partial charge < -0.3 is 9.47 Å². The van der Waals surface area contributed by atoms with Crippen molar-refractivity contribution in [2.24, 2.45) is 4.99 Å². The van der Waals surface area contributed by atoms with E-state index in [2.05, 4.69) is 4.99 Å². The monoisotopic (exact) mass is 391 g/mol. The number of carbonyl (C=O) groups is 1. The summed E-state index contributed by atoms with van der Waals surface area (Å²) in [5, 5.41) is 0. The first-order valence-corrected chi connectivity index (χ1v) is 8.83. The van der Waals surface area contributed by atoms with Gasteiger partial charge in [0.1, 0.15) is 24.0 Å². The zero-order valence-corrected chi connectivity index (χ0v) is 15.1. The molecule has 1 heterocycles. The topological polar surface area (TPSA) is 47.9 Å². The van der Waals surface area contributed by atoms with E-state index in [0.29, 0.717) is 22.4 Å². The highest BCUT2D eigenvalue weighted by molar-refractivity contribution is 6.12. The van der Waals surface area contributed by atoms with Crippen LogP contribution in [0.1, 0.15) is 16.7 Å². The van der Waals surface area contributed by atoms with Crippen molar-refractivity contribution < 1.29 is 23.0 Å². The van der Waals surface area contributed by atoms with Gasteiger partial charge in [-0.3, -0.25) is 0 Å². The summed E-state index contributed by atoms with van der Waals surface area (Å²) in [6.07, 6.45) is 1.56. The van der Waals surface area contributed by atoms with Crippen molar-refractivity contribution in [2.45, 2.75) is 6.61 Å². The summed E-state index contributed by atoms with van der Waals surface area (Å²) >= 11 is 0. The van der Waals surface area contributed by atoms with Gasteiger partial charge in [0.25, 0.3) is 0 Å². The lowest BCUT2D eigenvalue weighted by Gasteiger charge is -2.07. The minimum atomic E-state index is -0.607. The molecule has 29 heavy (non-hydrogen) atoms. The molecule has 4 nitrogen and oxygen atoms in total. The summed E-state index contributed by atoms with van der Waals surface area (Å²) < 4.78 is 37.7. The molecule has 3 aromatic rings. The fourth-order valence-electron chi connectivity index (χ4n) is 2.75. The third kappa shape index (κ3) is 4.38. The van der Waals surface area contributed by atoms with Crippen LogP contribution in [0.15, 0.2) is 83.5 Å². The van der Waals surface area contributed by atoms with Crippen molar-refractivity contribution in [3.63, 3.8) is 0 Å². The van der Waals surface area contributed by atoms with E-state index in [0.717, 1.165) is 0 Å². The number of ether oxygens (including phenoxy) is 2. The van der Waals surface area contributed by atoms with Gasteiger partial charge in [-0.05, 0) is 48.0 Å². The normalized spacial score (nSPS) is 14.6. The molecular weight excluding hydrogens is 376 g/mol. The molecule has 0 amide bonds. The molecule has 3 aromatic carbocycles. The summed E-state index contributed by atoms with van der Waals surface area (Å²) in [7, 11) is 0.